The van der Waals surface area contributed by atoms with Crippen molar-refractivity contribution in [2.75, 3.05) is 58.2 Å². The number of nitrogens with zero attached hydrogens (tertiary/aromatic N) is 2. The van der Waals surface area contributed by atoms with Crippen LogP contribution in [0.15, 0.2) is 48.5 Å². The van der Waals surface area contributed by atoms with Crippen molar-refractivity contribution in [3.05, 3.63) is 59.7 Å². The van der Waals surface area contributed by atoms with Crippen molar-refractivity contribution in [1.82, 2.24) is 15.1 Å². The summed E-state index contributed by atoms with van der Waals surface area (Å²) in [6, 6.07) is 14.3. The van der Waals surface area contributed by atoms with Gasteiger partial charge in [-0.25, -0.2) is 0 Å². The number of hydrogen-bond donors (Lipinski definition) is 3. The van der Waals surface area contributed by atoms with Gasteiger partial charge in [-0.15, -0.1) is 0 Å². The van der Waals surface area contributed by atoms with E-state index in [0.717, 1.165) is 43.9 Å². The summed E-state index contributed by atoms with van der Waals surface area (Å²) in [6.45, 7) is 7.56. The van der Waals surface area contributed by atoms with Crippen LogP contribution >= 0.6 is 0 Å². The Morgan fingerprint density at radius 2 is 1.72 bits per heavy atom. The van der Waals surface area contributed by atoms with Crippen molar-refractivity contribution in [2.24, 2.45) is 0 Å². The molecule has 172 valence electrons. The van der Waals surface area contributed by atoms with E-state index >= 15 is 0 Å². The molecule has 1 fully saturated rings. The van der Waals surface area contributed by atoms with E-state index in [-0.39, 0.29) is 6.54 Å². The molecule has 3 rings (SSSR count). The molecule has 8 nitrogen and oxygen atoms in total. The van der Waals surface area contributed by atoms with Gasteiger partial charge in [-0.05, 0) is 49.4 Å². The lowest BCUT2D eigenvalue weighted by molar-refractivity contribution is -0.136. The van der Waals surface area contributed by atoms with Crippen LogP contribution in [-0.2, 0) is 9.59 Å². The van der Waals surface area contributed by atoms with Crippen molar-refractivity contribution in [2.45, 2.75) is 13.0 Å². The second-order valence-corrected chi connectivity index (χ2v) is 8.05. The summed E-state index contributed by atoms with van der Waals surface area (Å²) in [5, 5.41) is 15.3. The third-order valence-corrected chi connectivity index (χ3v) is 5.59. The van der Waals surface area contributed by atoms with Gasteiger partial charge in [0.25, 0.3) is 0 Å². The Hall–Kier alpha value is -2.94. The van der Waals surface area contributed by atoms with Crippen LogP contribution < -0.4 is 15.4 Å². The molecule has 2 aromatic rings. The average Bonchev–Trinajstić information content (AvgIpc) is 2.80. The third kappa shape index (κ3) is 7.05. The highest BCUT2D eigenvalue weighted by atomic mass is 16.5. The summed E-state index contributed by atoms with van der Waals surface area (Å²) in [6.07, 6.45) is -0.879. The summed E-state index contributed by atoms with van der Waals surface area (Å²) in [5.74, 6) is -0.876. The Morgan fingerprint density at radius 1 is 1.03 bits per heavy atom. The van der Waals surface area contributed by atoms with Gasteiger partial charge in [0, 0.05) is 45.0 Å². The summed E-state index contributed by atoms with van der Waals surface area (Å²) in [4.78, 5) is 28.9. The molecular formula is C24H32N4O4. The van der Waals surface area contributed by atoms with E-state index in [2.05, 4.69) is 27.5 Å². The molecule has 1 aliphatic rings. The molecular weight excluding hydrogens is 408 g/mol. The number of carbonyl (C=O) groups is 2. The molecule has 2 amide bonds. The molecule has 1 heterocycles. The van der Waals surface area contributed by atoms with Gasteiger partial charge < -0.3 is 25.4 Å². The maximum atomic E-state index is 12.1. The van der Waals surface area contributed by atoms with Crippen LogP contribution in [0.2, 0.25) is 0 Å². The first-order valence-corrected chi connectivity index (χ1v) is 10.9. The molecule has 0 aliphatic carbocycles. The van der Waals surface area contributed by atoms with E-state index in [4.69, 9.17) is 4.74 Å². The fraction of sp³-hybridized carbons (Fsp3) is 0.417. The van der Waals surface area contributed by atoms with E-state index in [1.54, 1.807) is 30.3 Å². The van der Waals surface area contributed by atoms with Crippen molar-refractivity contribution in [1.29, 1.82) is 0 Å². The lowest BCUT2D eigenvalue weighted by Gasteiger charge is -2.32. The minimum atomic E-state index is -0.879. The zero-order valence-corrected chi connectivity index (χ0v) is 18.7. The molecule has 0 aromatic heterocycles. The zero-order chi connectivity index (χ0) is 22.9. The molecule has 0 bridgehead atoms. The summed E-state index contributed by atoms with van der Waals surface area (Å²) in [7, 11) is 2.13. The second kappa shape index (κ2) is 11.6. The summed E-state index contributed by atoms with van der Waals surface area (Å²) in [5.41, 5.74) is 2.14. The van der Waals surface area contributed by atoms with E-state index < -0.39 is 17.9 Å². The SMILES string of the molecule is Cc1ccccc1C(O)CNC(=O)C(=O)Nc1ccc(OCCN2CCN(C)CC2)cc1. The van der Waals surface area contributed by atoms with E-state index in [9.17, 15) is 14.7 Å². The van der Waals surface area contributed by atoms with Gasteiger partial charge in [-0.1, -0.05) is 24.3 Å². The Morgan fingerprint density at radius 3 is 2.41 bits per heavy atom. The number of amides is 2. The predicted octanol–water partition coefficient (Wildman–Crippen LogP) is 1.41. The number of benzene rings is 2. The van der Waals surface area contributed by atoms with Gasteiger partial charge in [-0.2, -0.15) is 0 Å². The summed E-state index contributed by atoms with van der Waals surface area (Å²) >= 11 is 0. The van der Waals surface area contributed by atoms with Gasteiger partial charge in [-0.3, -0.25) is 14.5 Å². The first-order chi connectivity index (χ1) is 15.4. The monoisotopic (exact) mass is 440 g/mol. The number of rotatable bonds is 8. The second-order valence-electron chi connectivity index (χ2n) is 8.05. The largest absolute Gasteiger partial charge is 0.492 e. The number of carbonyl (C=O) groups excluding carboxylic acids is 2. The van der Waals surface area contributed by atoms with Crippen molar-refractivity contribution < 1.29 is 19.4 Å². The molecule has 0 radical (unpaired) electrons. The quantitative estimate of drug-likeness (QED) is 0.538. The van der Waals surface area contributed by atoms with Crippen LogP contribution in [0.1, 0.15) is 17.2 Å². The first kappa shape index (κ1) is 23.7. The Bertz CT molecular complexity index is 895. The Balaban J connectivity index is 1.39. The van der Waals surface area contributed by atoms with Crippen LogP contribution in [0.25, 0.3) is 0 Å². The number of aliphatic hydroxyl groups excluding tert-OH is 1. The molecule has 0 spiro atoms. The van der Waals surface area contributed by atoms with Gasteiger partial charge in [0.05, 0.1) is 6.10 Å². The van der Waals surface area contributed by atoms with E-state index in [1.807, 2.05) is 25.1 Å². The number of likely N-dealkylation sites (N-methyl/N-ethyl adjacent to an activating group) is 1. The van der Waals surface area contributed by atoms with Crippen LogP contribution in [0.4, 0.5) is 5.69 Å². The number of anilines is 1. The summed E-state index contributed by atoms with van der Waals surface area (Å²) < 4.78 is 5.78. The van der Waals surface area contributed by atoms with Gasteiger partial charge in [0.1, 0.15) is 12.4 Å². The number of hydrogen-bond acceptors (Lipinski definition) is 6. The smallest absolute Gasteiger partial charge is 0.313 e. The van der Waals surface area contributed by atoms with Crippen LogP contribution in [0.5, 0.6) is 5.75 Å². The highest BCUT2D eigenvalue weighted by molar-refractivity contribution is 6.39. The molecule has 1 aliphatic heterocycles. The average molecular weight is 441 g/mol. The number of nitrogens with one attached hydrogen (secondary N) is 2. The molecule has 8 heteroatoms. The lowest BCUT2D eigenvalue weighted by atomic mass is 10.0. The normalized spacial score (nSPS) is 15.7. The zero-order valence-electron chi connectivity index (χ0n) is 18.7. The maximum absolute atomic E-state index is 12.1. The van der Waals surface area contributed by atoms with Crippen molar-refractivity contribution in [3.63, 3.8) is 0 Å². The molecule has 1 unspecified atom stereocenters. The molecule has 2 aromatic carbocycles. The number of aliphatic hydroxyl groups is 1. The standard InChI is InChI=1S/C24H32N4O4/c1-18-5-3-4-6-21(18)22(29)17-25-23(30)24(31)26-19-7-9-20(10-8-19)32-16-15-28-13-11-27(2)12-14-28/h3-10,22,29H,11-17H2,1-2H3,(H,25,30)(H,26,31). The van der Waals surface area contributed by atoms with Crippen molar-refractivity contribution >= 4 is 17.5 Å². The molecule has 0 saturated carbocycles. The lowest BCUT2D eigenvalue weighted by Crippen LogP contribution is -2.45. The number of ether oxygens (including phenoxy) is 1. The third-order valence-electron chi connectivity index (χ3n) is 5.59. The van der Waals surface area contributed by atoms with Crippen LogP contribution in [-0.4, -0.2) is 79.6 Å². The first-order valence-electron chi connectivity index (χ1n) is 10.9. The number of aryl methyl sites for hydroxylation is 1. The minimum Gasteiger partial charge on any atom is -0.492 e. The maximum Gasteiger partial charge on any atom is 0.313 e. The molecule has 32 heavy (non-hydrogen) atoms. The fourth-order valence-electron chi connectivity index (χ4n) is 3.53. The van der Waals surface area contributed by atoms with E-state index in [1.165, 1.54) is 0 Å². The Kier molecular flexibility index (Phi) is 8.61. The number of piperazine rings is 1. The highest BCUT2D eigenvalue weighted by Gasteiger charge is 2.17. The van der Waals surface area contributed by atoms with Gasteiger partial charge in [0.2, 0.25) is 0 Å². The minimum absolute atomic E-state index is 0.0445. The van der Waals surface area contributed by atoms with Crippen LogP contribution in [0, 0.1) is 6.92 Å². The van der Waals surface area contributed by atoms with Crippen LogP contribution in [0.3, 0.4) is 0 Å². The van der Waals surface area contributed by atoms with E-state index in [0.29, 0.717) is 18.0 Å². The Labute approximate surface area is 189 Å². The molecule has 1 saturated heterocycles. The van der Waals surface area contributed by atoms with Crippen molar-refractivity contribution in [3.8, 4) is 5.75 Å². The molecule has 3 N–H and O–H groups in total. The topological polar surface area (TPSA) is 94.1 Å². The van der Waals surface area contributed by atoms with Gasteiger partial charge >= 0.3 is 11.8 Å². The highest BCUT2D eigenvalue weighted by Crippen LogP contribution is 2.17. The fourth-order valence-corrected chi connectivity index (χ4v) is 3.53. The van der Waals surface area contributed by atoms with Gasteiger partial charge in [0.15, 0.2) is 0 Å². The predicted molar refractivity (Wildman–Crippen MR) is 124 cm³/mol. The molecule has 1 atom stereocenters.